The summed E-state index contributed by atoms with van der Waals surface area (Å²) >= 11 is 0. The highest BCUT2D eigenvalue weighted by Gasteiger charge is 2.57. The van der Waals surface area contributed by atoms with Gasteiger partial charge in [-0.1, -0.05) is 0 Å². The number of aryl methyl sites for hydroxylation is 1. The summed E-state index contributed by atoms with van der Waals surface area (Å²) in [6.07, 6.45) is 5.18. The minimum absolute atomic E-state index is 0. The van der Waals surface area contributed by atoms with E-state index in [-0.39, 0.29) is 29.6 Å². The molecule has 0 radical (unpaired) electrons. The fraction of sp³-hybridized carbons (Fsp3) is 0.529. The van der Waals surface area contributed by atoms with Crippen molar-refractivity contribution in [2.45, 2.75) is 32.7 Å². The number of hydrogen-bond donors (Lipinski definition) is 2. The first-order valence-corrected chi connectivity index (χ1v) is 8.19. The Balaban J connectivity index is 0.00000156. The number of carbonyl (C=O) groups excluding carboxylic acids is 1. The zero-order valence-corrected chi connectivity index (χ0v) is 14.2. The lowest BCUT2D eigenvalue weighted by Crippen LogP contribution is -2.31. The highest BCUT2D eigenvalue weighted by atomic mass is 35.5. The predicted molar refractivity (Wildman–Crippen MR) is 93.9 cm³/mol. The van der Waals surface area contributed by atoms with E-state index in [9.17, 15) is 4.79 Å². The standard InChI is InChI=1S/C17H22N4O.ClH/c1-2-21-15-9-13(4-3-12(15)11-19-21)20-16(22)14-10-17(14)5-7-18-8-6-17;/h3-4,9,11,14,18H,2,5-8,10H2,1H3,(H,20,22);1H. The first kappa shape index (κ1) is 16.3. The van der Waals surface area contributed by atoms with Crippen LogP contribution in [0.2, 0.25) is 0 Å². The minimum Gasteiger partial charge on any atom is -0.326 e. The molecule has 1 aromatic carbocycles. The molecular weight excluding hydrogens is 312 g/mol. The number of amides is 1. The predicted octanol–water partition coefficient (Wildman–Crippen LogP) is 2.81. The number of halogens is 1. The molecule has 1 unspecified atom stereocenters. The third-order valence-electron chi connectivity index (χ3n) is 5.32. The maximum atomic E-state index is 12.5. The smallest absolute Gasteiger partial charge is 0.228 e. The van der Waals surface area contributed by atoms with Crippen molar-refractivity contribution in [2.75, 3.05) is 18.4 Å². The Kier molecular flexibility index (Phi) is 4.34. The van der Waals surface area contributed by atoms with Crippen molar-refractivity contribution in [2.24, 2.45) is 11.3 Å². The van der Waals surface area contributed by atoms with E-state index in [2.05, 4.69) is 22.7 Å². The van der Waals surface area contributed by atoms with Crippen molar-refractivity contribution < 1.29 is 4.79 Å². The highest BCUT2D eigenvalue weighted by molar-refractivity contribution is 5.97. The van der Waals surface area contributed by atoms with Gasteiger partial charge in [-0.15, -0.1) is 12.4 Å². The first-order chi connectivity index (χ1) is 10.7. The largest absolute Gasteiger partial charge is 0.326 e. The molecule has 2 N–H and O–H groups in total. The molecule has 5 nitrogen and oxygen atoms in total. The van der Waals surface area contributed by atoms with Crippen LogP contribution in [0.15, 0.2) is 24.4 Å². The van der Waals surface area contributed by atoms with Crippen LogP contribution in [0.3, 0.4) is 0 Å². The van der Waals surface area contributed by atoms with Gasteiger partial charge in [0.25, 0.3) is 0 Å². The molecule has 1 aromatic heterocycles. The van der Waals surface area contributed by atoms with E-state index in [1.54, 1.807) is 0 Å². The van der Waals surface area contributed by atoms with Crippen LogP contribution < -0.4 is 10.6 Å². The molecule has 1 aliphatic heterocycles. The quantitative estimate of drug-likeness (QED) is 0.907. The Bertz CT molecular complexity index is 720. The number of aromatic nitrogens is 2. The number of carbonyl (C=O) groups is 1. The van der Waals surface area contributed by atoms with Gasteiger partial charge >= 0.3 is 0 Å². The molecule has 2 aromatic rings. The van der Waals surface area contributed by atoms with E-state index in [1.807, 2.05) is 29.1 Å². The second-order valence-electron chi connectivity index (χ2n) is 6.59. The Morgan fingerprint density at radius 1 is 1.43 bits per heavy atom. The summed E-state index contributed by atoms with van der Waals surface area (Å²) in [5, 5.41) is 11.9. The van der Waals surface area contributed by atoms with Gasteiger partial charge in [0.05, 0.1) is 11.7 Å². The van der Waals surface area contributed by atoms with Crippen molar-refractivity contribution >= 4 is 34.9 Å². The molecule has 2 fully saturated rings. The van der Waals surface area contributed by atoms with Crippen molar-refractivity contribution in [3.05, 3.63) is 24.4 Å². The Morgan fingerprint density at radius 3 is 2.96 bits per heavy atom. The molecule has 2 aliphatic rings. The molecule has 1 saturated heterocycles. The SMILES string of the molecule is CCn1ncc2ccc(NC(=O)C3CC34CCNCC4)cc21.Cl. The Labute approximate surface area is 142 Å². The number of benzene rings is 1. The van der Waals surface area contributed by atoms with Crippen LogP contribution in [-0.2, 0) is 11.3 Å². The molecule has 1 aliphatic carbocycles. The minimum atomic E-state index is 0. The summed E-state index contributed by atoms with van der Waals surface area (Å²) in [6.45, 7) is 5.00. The van der Waals surface area contributed by atoms with Gasteiger partial charge < -0.3 is 10.6 Å². The lowest BCUT2D eigenvalue weighted by molar-refractivity contribution is -0.118. The van der Waals surface area contributed by atoms with E-state index < -0.39 is 0 Å². The van der Waals surface area contributed by atoms with Gasteiger partial charge in [0.2, 0.25) is 5.91 Å². The van der Waals surface area contributed by atoms with Gasteiger partial charge in [-0.25, -0.2) is 0 Å². The summed E-state index contributed by atoms with van der Waals surface area (Å²) in [5.41, 5.74) is 2.24. The first-order valence-electron chi connectivity index (χ1n) is 8.19. The fourth-order valence-corrected chi connectivity index (χ4v) is 3.83. The molecule has 1 amide bonds. The monoisotopic (exact) mass is 334 g/mol. The third-order valence-corrected chi connectivity index (χ3v) is 5.32. The van der Waals surface area contributed by atoms with Crippen molar-refractivity contribution in [3.8, 4) is 0 Å². The number of nitrogens with one attached hydrogen (secondary N) is 2. The molecule has 2 heterocycles. The second kappa shape index (κ2) is 6.13. The van der Waals surface area contributed by atoms with E-state index in [1.165, 1.54) is 0 Å². The van der Waals surface area contributed by atoms with E-state index >= 15 is 0 Å². The molecule has 1 saturated carbocycles. The van der Waals surface area contributed by atoms with Crippen LogP contribution in [0, 0.1) is 11.3 Å². The van der Waals surface area contributed by atoms with Gasteiger partial charge in [-0.2, -0.15) is 5.10 Å². The summed E-state index contributed by atoms with van der Waals surface area (Å²) < 4.78 is 1.95. The topological polar surface area (TPSA) is 59.0 Å². The van der Waals surface area contributed by atoms with Crippen LogP contribution in [0.4, 0.5) is 5.69 Å². The maximum Gasteiger partial charge on any atom is 0.228 e. The number of rotatable bonds is 3. The van der Waals surface area contributed by atoms with Gasteiger partial charge in [-0.05, 0) is 62.9 Å². The van der Waals surface area contributed by atoms with E-state index in [0.29, 0.717) is 0 Å². The maximum absolute atomic E-state index is 12.5. The number of nitrogens with zero attached hydrogens (tertiary/aromatic N) is 2. The van der Waals surface area contributed by atoms with Gasteiger partial charge in [-0.3, -0.25) is 9.48 Å². The number of hydrogen-bond acceptors (Lipinski definition) is 3. The third kappa shape index (κ3) is 2.83. The summed E-state index contributed by atoms with van der Waals surface area (Å²) in [4.78, 5) is 12.5. The molecular formula is C17H23ClN4O. The van der Waals surface area contributed by atoms with Gasteiger partial charge in [0, 0.05) is 23.5 Å². The van der Waals surface area contributed by atoms with E-state index in [4.69, 9.17) is 0 Å². The van der Waals surface area contributed by atoms with Gasteiger partial charge in [0.15, 0.2) is 0 Å². The van der Waals surface area contributed by atoms with Crippen molar-refractivity contribution in [3.63, 3.8) is 0 Å². The van der Waals surface area contributed by atoms with Crippen LogP contribution in [-0.4, -0.2) is 28.8 Å². The fourth-order valence-electron chi connectivity index (χ4n) is 3.83. The number of fused-ring (bicyclic) bond motifs is 1. The zero-order valence-electron chi connectivity index (χ0n) is 13.3. The lowest BCUT2D eigenvalue weighted by Gasteiger charge is -2.23. The van der Waals surface area contributed by atoms with Crippen LogP contribution in [0.1, 0.15) is 26.2 Å². The Morgan fingerprint density at radius 2 is 2.22 bits per heavy atom. The normalized spacial score (nSPS) is 21.9. The molecule has 4 rings (SSSR count). The molecule has 23 heavy (non-hydrogen) atoms. The second-order valence-corrected chi connectivity index (χ2v) is 6.59. The molecule has 124 valence electrons. The van der Waals surface area contributed by atoms with Crippen molar-refractivity contribution in [1.82, 2.24) is 15.1 Å². The van der Waals surface area contributed by atoms with Gasteiger partial charge in [0.1, 0.15) is 0 Å². The van der Waals surface area contributed by atoms with Crippen molar-refractivity contribution in [1.29, 1.82) is 0 Å². The van der Waals surface area contributed by atoms with Crippen LogP contribution >= 0.6 is 12.4 Å². The zero-order chi connectivity index (χ0) is 15.2. The summed E-state index contributed by atoms with van der Waals surface area (Å²) in [6, 6.07) is 6.03. The lowest BCUT2D eigenvalue weighted by atomic mass is 9.92. The number of piperidine rings is 1. The van der Waals surface area contributed by atoms with E-state index in [0.717, 1.165) is 55.5 Å². The molecule has 1 atom stereocenters. The van der Waals surface area contributed by atoms with Crippen LogP contribution in [0.25, 0.3) is 10.9 Å². The molecule has 1 spiro atoms. The molecule has 0 bridgehead atoms. The average Bonchev–Trinajstić information content (AvgIpc) is 3.07. The average molecular weight is 335 g/mol. The Hall–Kier alpha value is -1.59. The summed E-state index contributed by atoms with van der Waals surface area (Å²) in [7, 11) is 0. The summed E-state index contributed by atoms with van der Waals surface area (Å²) in [5.74, 6) is 0.380. The highest BCUT2D eigenvalue weighted by Crippen LogP contribution is 2.58. The number of anilines is 1. The van der Waals surface area contributed by atoms with Crippen LogP contribution in [0.5, 0.6) is 0 Å². The molecule has 6 heteroatoms.